The number of nitro benzene ring substituents is 1. The maximum absolute atomic E-state index is 11.7. The SMILES string of the molecule is CC(NC(=O)CNCC1CC1)c1cccc([N+](=O)[O-])c1. The maximum atomic E-state index is 11.7. The van der Waals surface area contributed by atoms with E-state index in [4.69, 9.17) is 0 Å². The molecular weight excluding hydrogens is 258 g/mol. The number of carbonyl (C=O) groups is 1. The molecule has 1 aliphatic carbocycles. The minimum absolute atomic E-state index is 0.0375. The van der Waals surface area contributed by atoms with Gasteiger partial charge in [0.25, 0.3) is 5.69 Å². The Morgan fingerprint density at radius 1 is 1.50 bits per heavy atom. The minimum Gasteiger partial charge on any atom is -0.348 e. The van der Waals surface area contributed by atoms with E-state index < -0.39 is 4.92 Å². The van der Waals surface area contributed by atoms with E-state index >= 15 is 0 Å². The summed E-state index contributed by atoms with van der Waals surface area (Å²) in [5.74, 6) is 0.640. The van der Waals surface area contributed by atoms with Crippen molar-refractivity contribution in [1.82, 2.24) is 10.6 Å². The van der Waals surface area contributed by atoms with Crippen LogP contribution in [0, 0.1) is 16.0 Å². The van der Waals surface area contributed by atoms with Gasteiger partial charge in [-0.15, -0.1) is 0 Å². The Labute approximate surface area is 117 Å². The smallest absolute Gasteiger partial charge is 0.269 e. The molecule has 1 aromatic carbocycles. The Morgan fingerprint density at radius 3 is 2.90 bits per heavy atom. The van der Waals surface area contributed by atoms with Crippen LogP contribution in [0.15, 0.2) is 24.3 Å². The van der Waals surface area contributed by atoms with Gasteiger partial charge in [-0.25, -0.2) is 0 Å². The fourth-order valence-corrected chi connectivity index (χ4v) is 2.00. The first kappa shape index (κ1) is 14.5. The largest absolute Gasteiger partial charge is 0.348 e. The number of benzene rings is 1. The molecule has 0 heterocycles. The molecule has 1 amide bonds. The van der Waals surface area contributed by atoms with E-state index in [0.29, 0.717) is 0 Å². The molecule has 0 aromatic heterocycles. The molecule has 0 bridgehead atoms. The average Bonchev–Trinajstić information content (AvgIpc) is 3.23. The first-order chi connectivity index (χ1) is 9.56. The summed E-state index contributed by atoms with van der Waals surface area (Å²) in [6.45, 7) is 2.99. The molecule has 108 valence electrons. The van der Waals surface area contributed by atoms with Gasteiger partial charge in [-0.1, -0.05) is 12.1 Å². The lowest BCUT2D eigenvalue weighted by Gasteiger charge is -2.14. The number of carbonyl (C=O) groups excluding carboxylic acids is 1. The van der Waals surface area contributed by atoms with Gasteiger partial charge in [-0.05, 0) is 37.8 Å². The summed E-state index contributed by atoms with van der Waals surface area (Å²) in [5, 5.41) is 16.7. The Hall–Kier alpha value is -1.95. The van der Waals surface area contributed by atoms with E-state index in [1.165, 1.54) is 25.0 Å². The summed E-state index contributed by atoms with van der Waals surface area (Å²) in [4.78, 5) is 22.0. The van der Waals surface area contributed by atoms with Gasteiger partial charge in [0.1, 0.15) is 0 Å². The zero-order chi connectivity index (χ0) is 14.5. The van der Waals surface area contributed by atoms with E-state index in [1.54, 1.807) is 12.1 Å². The third-order valence-electron chi connectivity index (χ3n) is 3.37. The predicted molar refractivity (Wildman–Crippen MR) is 75.2 cm³/mol. The zero-order valence-electron chi connectivity index (χ0n) is 11.5. The summed E-state index contributed by atoms with van der Waals surface area (Å²) in [6.07, 6.45) is 2.50. The van der Waals surface area contributed by atoms with E-state index in [2.05, 4.69) is 10.6 Å². The van der Waals surface area contributed by atoms with Crippen molar-refractivity contribution in [2.24, 2.45) is 5.92 Å². The molecule has 1 aromatic rings. The molecule has 1 atom stereocenters. The topological polar surface area (TPSA) is 84.3 Å². The summed E-state index contributed by atoms with van der Waals surface area (Å²) in [7, 11) is 0. The lowest BCUT2D eigenvalue weighted by atomic mass is 10.1. The van der Waals surface area contributed by atoms with Gasteiger partial charge >= 0.3 is 0 Å². The molecule has 1 saturated carbocycles. The van der Waals surface area contributed by atoms with E-state index in [-0.39, 0.29) is 24.2 Å². The van der Waals surface area contributed by atoms with Crippen LogP contribution in [0.25, 0.3) is 0 Å². The third kappa shape index (κ3) is 4.31. The van der Waals surface area contributed by atoms with Gasteiger partial charge in [0.05, 0.1) is 17.5 Å². The van der Waals surface area contributed by atoms with Crippen molar-refractivity contribution >= 4 is 11.6 Å². The van der Waals surface area contributed by atoms with Gasteiger partial charge in [-0.2, -0.15) is 0 Å². The number of nitro groups is 1. The number of nitrogens with zero attached hydrogens (tertiary/aromatic N) is 1. The number of amides is 1. The summed E-state index contributed by atoms with van der Waals surface area (Å²) < 4.78 is 0. The van der Waals surface area contributed by atoms with E-state index in [0.717, 1.165) is 18.0 Å². The van der Waals surface area contributed by atoms with Crippen molar-refractivity contribution in [3.8, 4) is 0 Å². The van der Waals surface area contributed by atoms with Crippen LogP contribution in [0.3, 0.4) is 0 Å². The zero-order valence-corrected chi connectivity index (χ0v) is 11.5. The fraction of sp³-hybridized carbons (Fsp3) is 0.500. The fourth-order valence-electron chi connectivity index (χ4n) is 2.00. The molecule has 2 rings (SSSR count). The first-order valence-electron chi connectivity index (χ1n) is 6.80. The molecule has 6 nitrogen and oxygen atoms in total. The van der Waals surface area contributed by atoms with Gasteiger partial charge in [-0.3, -0.25) is 14.9 Å². The maximum Gasteiger partial charge on any atom is 0.269 e. The van der Waals surface area contributed by atoms with Crippen molar-refractivity contribution in [2.75, 3.05) is 13.1 Å². The molecule has 1 fully saturated rings. The van der Waals surface area contributed by atoms with Crippen LogP contribution in [0.5, 0.6) is 0 Å². The van der Waals surface area contributed by atoms with Crippen LogP contribution < -0.4 is 10.6 Å². The van der Waals surface area contributed by atoms with Gasteiger partial charge in [0.2, 0.25) is 5.91 Å². The van der Waals surface area contributed by atoms with Crippen LogP contribution in [-0.4, -0.2) is 23.9 Å². The lowest BCUT2D eigenvalue weighted by Crippen LogP contribution is -2.36. The van der Waals surface area contributed by atoms with Crippen molar-refractivity contribution < 1.29 is 9.72 Å². The first-order valence-corrected chi connectivity index (χ1v) is 6.80. The molecular formula is C14H19N3O3. The van der Waals surface area contributed by atoms with Crippen LogP contribution in [-0.2, 0) is 4.79 Å². The highest BCUT2D eigenvalue weighted by molar-refractivity contribution is 5.78. The molecule has 0 aliphatic heterocycles. The molecule has 20 heavy (non-hydrogen) atoms. The standard InChI is InChI=1S/C14H19N3O3/c1-10(12-3-2-4-13(7-12)17(19)20)16-14(18)9-15-8-11-5-6-11/h2-4,7,10-11,15H,5-6,8-9H2,1H3,(H,16,18). The molecule has 6 heteroatoms. The molecule has 0 saturated heterocycles. The molecule has 2 N–H and O–H groups in total. The second kappa shape index (κ2) is 6.47. The Morgan fingerprint density at radius 2 is 2.25 bits per heavy atom. The minimum atomic E-state index is -0.435. The normalized spacial score (nSPS) is 15.7. The summed E-state index contributed by atoms with van der Waals surface area (Å²) in [6, 6.07) is 6.08. The van der Waals surface area contributed by atoms with Crippen molar-refractivity contribution in [3.63, 3.8) is 0 Å². The Bertz CT molecular complexity index is 500. The second-order valence-corrected chi connectivity index (χ2v) is 5.22. The highest BCUT2D eigenvalue weighted by Crippen LogP contribution is 2.27. The second-order valence-electron chi connectivity index (χ2n) is 5.22. The Balaban J connectivity index is 1.83. The number of nitrogens with one attached hydrogen (secondary N) is 2. The number of non-ortho nitro benzene ring substituents is 1. The monoisotopic (exact) mass is 277 g/mol. The predicted octanol–water partition coefficient (Wildman–Crippen LogP) is 1.77. The van der Waals surface area contributed by atoms with Crippen LogP contribution in [0.1, 0.15) is 31.4 Å². The number of hydrogen-bond acceptors (Lipinski definition) is 4. The number of hydrogen-bond donors (Lipinski definition) is 2. The highest BCUT2D eigenvalue weighted by atomic mass is 16.6. The van der Waals surface area contributed by atoms with E-state index in [1.807, 2.05) is 6.92 Å². The molecule has 0 spiro atoms. The summed E-state index contributed by atoms with van der Waals surface area (Å²) >= 11 is 0. The third-order valence-corrected chi connectivity index (χ3v) is 3.37. The van der Waals surface area contributed by atoms with Gasteiger partial charge in [0, 0.05) is 12.1 Å². The highest BCUT2D eigenvalue weighted by Gasteiger charge is 2.20. The van der Waals surface area contributed by atoms with Crippen LogP contribution in [0.4, 0.5) is 5.69 Å². The van der Waals surface area contributed by atoms with E-state index in [9.17, 15) is 14.9 Å². The molecule has 1 aliphatic rings. The quantitative estimate of drug-likeness (QED) is 0.587. The van der Waals surface area contributed by atoms with Crippen LogP contribution >= 0.6 is 0 Å². The molecule has 1 unspecified atom stereocenters. The van der Waals surface area contributed by atoms with Crippen molar-refractivity contribution in [2.45, 2.75) is 25.8 Å². The lowest BCUT2D eigenvalue weighted by molar-refractivity contribution is -0.384. The van der Waals surface area contributed by atoms with Gasteiger partial charge < -0.3 is 10.6 Å². The van der Waals surface area contributed by atoms with Crippen molar-refractivity contribution in [3.05, 3.63) is 39.9 Å². The van der Waals surface area contributed by atoms with Crippen molar-refractivity contribution in [1.29, 1.82) is 0 Å². The molecule has 0 radical (unpaired) electrons. The summed E-state index contributed by atoms with van der Waals surface area (Å²) in [5.41, 5.74) is 0.769. The number of rotatable bonds is 7. The van der Waals surface area contributed by atoms with Gasteiger partial charge in [0.15, 0.2) is 0 Å². The Kier molecular flexibility index (Phi) is 4.68. The van der Waals surface area contributed by atoms with Crippen LogP contribution in [0.2, 0.25) is 0 Å². The average molecular weight is 277 g/mol.